The van der Waals surface area contributed by atoms with E-state index in [1.165, 1.54) is 0 Å². The van der Waals surface area contributed by atoms with E-state index in [2.05, 4.69) is 5.32 Å². The van der Waals surface area contributed by atoms with Crippen molar-refractivity contribution in [3.63, 3.8) is 0 Å². The molecule has 2 atom stereocenters. The summed E-state index contributed by atoms with van der Waals surface area (Å²) in [5.41, 5.74) is 2.11. The van der Waals surface area contributed by atoms with Crippen molar-refractivity contribution in [2.45, 2.75) is 39.3 Å². The van der Waals surface area contributed by atoms with E-state index < -0.39 is 5.97 Å². The normalized spacial score (nSPS) is 20.8. The molecule has 0 spiro atoms. The van der Waals surface area contributed by atoms with Crippen molar-refractivity contribution < 1.29 is 19.4 Å². The van der Waals surface area contributed by atoms with Gasteiger partial charge in [-0.2, -0.15) is 0 Å². The van der Waals surface area contributed by atoms with Crippen LogP contribution in [0.1, 0.15) is 37.3 Å². The van der Waals surface area contributed by atoms with Gasteiger partial charge < -0.3 is 15.2 Å². The van der Waals surface area contributed by atoms with Crippen LogP contribution in [-0.4, -0.2) is 23.6 Å². The van der Waals surface area contributed by atoms with E-state index in [0.717, 1.165) is 11.1 Å². The Morgan fingerprint density at radius 1 is 1.23 bits per heavy atom. The Balaban J connectivity index is 1.88. The zero-order valence-corrected chi connectivity index (χ0v) is 12.9. The highest BCUT2D eigenvalue weighted by Crippen LogP contribution is 2.31. The summed E-state index contributed by atoms with van der Waals surface area (Å²) < 4.78 is 5.43. The van der Waals surface area contributed by atoms with Gasteiger partial charge >= 0.3 is 5.97 Å². The number of amides is 1. The molecule has 1 amide bonds. The number of nitrogens with one attached hydrogen (secondary N) is 1. The number of benzene rings is 1. The lowest BCUT2D eigenvalue weighted by Gasteiger charge is -2.13. The quantitative estimate of drug-likeness (QED) is 0.811. The predicted molar refractivity (Wildman–Crippen MR) is 82.1 cm³/mol. The first-order valence-corrected chi connectivity index (χ1v) is 7.76. The van der Waals surface area contributed by atoms with Crippen LogP contribution in [0.2, 0.25) is 0 Å². The molecule has 0 aliphatic heterocycles. The zero-order chi connectivity index (χ0) is 15.9. The Morgan fingerprint density at radius 3 is 2.55 bits per heavy atom. The number of carbonyl (C=O) groups excluding carboxylic acids is 1. The molecule has 2 rings (SSSR count). The van der Waals surface area contributed by atoms with Crippen LogP contribution in [0, 0.1) is 11.8 Å². The van der Waals surface area contributed by atoms with Crippen molar-refractivity contribution >= 4 is 11.9 Å². The fourth-order valence-electron chi connectivity index (χ4n) is 2.85. The Morgan fingerprint density at radius 2 is 1.91 bits per heavy atom. The second kappa shape index (κ2) is 7.94. The molecule has 0 heterocycles. The maximum Gasteiger partial charge on any atom is 0.306 e. The van der Waals surface area contributed by atoms with Gasteiger partial charge in [-0.15, -0.1) is 0 Å². The standard InChI is InChI=1S/C17H23NO4/c1-2-22-11-15-6-4-3-5-14(15)10-18-16(19)12-7-8-13(9-12)17(20)21/h3-6,12-13H,2,7-11H2,1H3,(H,18,19)(H,20,21)/t12-,13+/m1/s1. The second-order valence-corrected chi connectivity index (χ2v) is 5.67. The van der Waals surface area contributed by atoms with E-state index in [1.807, 2.05) is 31.2 Å². The van der Waals surface area contributed by atoms with Crippen LogP contribution in [0.5, 0.6) is 0 Å². The number of carbonyl (C=O) groups is 2. The molecule has 1 aromatic rings. The van der Waals surface area contributed by atoms with Gasteiger partial charge in [0.15, 0.2) is 0 Å². The minimum Gasteiger partial charge on any atom is -0.481 e. The number of aliphatic carboxylic acids is 1. The van der Waals surface area contributed by atoms with Crippen molar-refractivity contribution in [1.29, 1.82) is 0 Å². The van der Waals surface area contributed by atoms with Crippen molar-refractivity contribution in [2.75, 3.05) is 6.61 Å². The zero-order valence-electron chi connectivity index (χ0n) is 12.9. The smallest absolute Gasteiger partial charge is 0.306 e. The minimum absolute atomic E-state index is 0.0463. The molecule has 120 valence electrons. The first kappa shape index (κ1) is 16.5. The number of carboxylic acid groups (broad SMARTS) is 1. The van der Waals surface area contributed by atoms with Crippen molar-refractivity contribution in [1.82, 2.24) is 5.32 Å². The largest absolute Gasteiger partial charge is 0.481 e. The van der Waals surface area contributed by atoms with E-state index in [4.69, 9.17) is 9.84 Å². The monoisotopic (exact) mass is 305 g/mol. The van der Waals surface area contributed by atoms with Crippen LogP contribution in [0.4, 0.5) is 0 Å². The van der Waals surface area contributed by atoms with E-state index in [-0.39, 0.29) is 17.7 Å². The van der Waals surface area contributed by atoms with Crippen LogP contribution in [0.3, 0.4) is 0 Å². The molecule has 0 bridgehead atoms. The van der Waals surface area contributed by atoms with Gasteiger partial charge in [0.2, 0.25) is 5.91 Å². The first-order chi connectivity index (χ1) is 10.6. The first-order valence-electron chi connectivity index (χ1n) is 7.76. The Hall–Kier alpha value is -1.88. The number of hydrogen-bond acceptors (Lipinski definition) is 3. The fourth-order valence-corrected chi connectivity index (χ4v) is 2.85. The summed E-state index contributed by atoms with van der Waals surface area (Å²) in [4.78, 5) is 23.1. The minimum atomic E-state index is -0.794. The van der Waals surface area contributed by atoms with Gasteiger partial charge in [-0.3, -0.25) is 9.59 Å². The average molecular weight is 305 g/mol. The third kappa shape index (κ3) is 4.31. The second-order valence-electron chi connectivity index (χ2n) is 5.67. The molecule has 0 unspecified atom stereocenters. The summed E-state index contributed by atoms with van der Waals surface area (Å²) in [5, 5.41) is 11.9. The lowest BCUT2D eigenvalue weighted by molar-refractivity contribution is -0.141. The molecule has 5 heteroatoms. The highest BCUT2D eigenvalue weighted by Gasteiger charge is 2.33. The maximum atomic E-state index is 12.2. The van der Waals surface area contributed by atoms with Crippen LogP contribution in [0.15, 0.2) is 24.3 Å². The Labute approximate surface area is 130 Å². The number of carboxylic acids is 1. The summed E-state index contributed by atoms with van der Waals surface area (Å²) in [7, 11) is 0. The molecule has 0 saturated heterocycles. The lowest BCUT2D eigenvalue weighted by atomic mass is 10.0. The van der Waals surface area contributed by atoms with Crippen molar-refractivity contribution in [3.8, 4) is 0 Å². The topological polar surface area (TPSA) is 75.6 Å². The molecule has 1 saturated carbocycles. The summed E-state index contributed by atoms with van der Waals surface area (Å²) >= 11 is 0. The molecule has 1 fully saturated rings. The van der Waals surface area contributed by atoms with E-state index in [1.54, 1.807) is 0 Å². The predicted octanol–water partition coefficient (Wildman–Crippen LogP) is 2.34. The van der Waals surface area contributed by atoms with Gasteiger partial charge in [-0.25, -0.2) is 0 Å². The third-order valence-corrected chi connectivity index (χ3v) is 4.19. The number of hydrogen-bond donors (Lipinski definition) is 2. The molecule has 5 nitrogen and oxygen atoms in total. The molecular weight excluding hydrogens is 282 g/mol. The summed E-state index contributed by atoms with van der Waals surface area (Å²) in [6.45, 7) is 3.59. The van der Waals surface area contributed by atoms with Gasteiger partial charge in [-0.1, -0.05) is 24.3 Å². The molecule has 1 aliphatic rings. The highest BCUT2D eigenvalue weighted by atomic mass is 16.5. The van der Waals surface area contributed by atoms with Crippen LogP contribution in [0.25, 0.3) is 0 Å². The van der Waals surface area contributed by atoms with E-state index >= 15 is 0 Å². The van der Waals surface area contributed by atoms with Gasteiger partial charge in [-0.05, 0) is 37.3 Å². The molecule has 22 heavy (non-hydrogen) atoms. The molecule has 1 aliphatic carbocycles. The Bertz CT molecular complexity index is 529. The van der Waals surface area contributed by atoms with Crippen LogP contribution >= 0.6 is 0 Å². The van der Waals surface area contributed by atoms with Gasteiger partial charge in [0, 0.05) is 19.1 Å². The van der Waals surface area contributed by atoms with E-state index in [9.17, 15) is 9.59 Å². The van der Waals surface area contributed by atoms with Crippen molar-refractivity contribution in [2.24, 2.45) is 11.8 Å². The van der Waals surface area contributed by atoms with E-state index in [0.29, 0.717) is 39.0 Å². The molecule has 1 aromatic carbocycles. The third-order valence-electron chi connectivity index (χ3n) is 4.19. The molecule has 0 radical (unpaired) electrons. The SMILES string of the molecule is CCOCc1ccccc1CNC(=O)[C@@H]1CC[C@H](C(=O)O)C1. The molecular formula is C17H23NO4. The summed E-state index contributed by atoms with van der Waals surface area (Å²) in [6.07, 6.45) is 1.69. The van der Waals surface area contributed by atoms with Gasteiger partial charge in [0.05, 0.1) is 12.5 Å². The van der Waals surface area contributed by atoms with Gasteiger partial charge in [0.1, 0.15) is 0 Å². The van der Waals surface area contributed by atoms with Gasteiger partial charge in [0.25, 0.3) is 0 Å². The van der Waals surface area contributed by atoms with Crippen LogP contribution < -0.4 is 5.32 Å². The lowest BCUT2D eigenvalue weighted by Crippen LogP contribution is -2.29. The molecule has 2 N–H and O–H groups in total. The number of ether oxygens (including phenoxy) is 1. The van der Waals surface area contributed by atoms with Crippen molar-refractivity contribution in [3.05, 3.63) is 35.4 Å². The summed E-state index contributed by atoms with van der Waals surface area (Å²) in [5.74, 6) is -1.39. The highest BCUT2D eigenvalue weighted by molar-refractivity contribution is 5.80. The number of rotatable bonds is 7. The maximum absolute atomic E-state index is 12.2. The summed E-state index contributed by atoms with van der Waals surface area (Å²) in [6, 6.07) is 7.86. The van der Waals surface area contributed by atoms with Crippen LogP contribution in [-0.2, 0) is 27.5 Å². The molecule has 0 aromatic heterocycles. The fraction of sp³-hybridized carbons (Fsp3) is 0.529. The Kier molecular flexibility index (Phi) is 5.95. The average Bonchev–Trinajstić information content (AvgIpc) is 3.01.